The summed E-state index contributed by atoms with van der Waals surface area (Å²) in [5.41, 5.74) is 2.38. The quantitative estimate of drug-likeness (QED) is 0.383. The van der Waals surface area contributed by atoms with Gasteiger partial charge < -0.3 is 9.15 Å². The maximum atomic E-state index is 12.4. The number of ether oxygens (including phenoxy) is 1. The van der Waals surface area contributed by atoms with Crippen LogP contribution in [0.5, 0.6) is 5.75 Å². The Kier molecular flexibility index (Phi) is 3.86. The van der Waals surface area contributed by atoms with Gasteiger partial charge in [-0.3, -0.25) is 0 Å². The zero-order valence-corrected chi connectivity index (χ0v) is 14.4. The first-order valence-electron chi connectivity index (χ1n) is 7.81. The molecule has 0 N–H and O–H groups in total. The van der Waals surface area contributed by atoms with Crippen molar-refractivity contribution < 1.29 is 9.15 Å². The molecule has 2 aromatic heterocycles. The number of para-hydroxylation sites is 1. The van der Waals surface area contributed by atoms with Crippen LogP contribution in [0.25, 0.3) is 31.8 Å². The van der Waals surface area contributed by atoms with Gasteiger partial charge in [-0.1, -0.05) is 18.7 Å². The second-order valence-corrected chi connectivity index (χ2v) is 6.91. The highest BCUT2D eigenvalue weighted by Gasteiger charge is 2.13. The fourth-order valence-electron chi connectivity index (χ4n) is 2.52. The molecule has 0 fully saturated rings. The molecule has 124 valence electrons. The van der Waals surface area contributed by atoms with Gasteiger partial charge in [0, 0.05) is 11.5 Å². The minimum atomic E-state index is -0.399. The highest BCUT2D eigenvalue weighted by molar-refractivity contribution is 7.21. The summed E-state index contributed by atoms with van der Waals surface area (Å²) < 4.78 is 12.1. The molecule has 2 aromatic carbocycles. The molecular formula is C20H15NO3S. The summed E-state index contributed by atoms with van der Waals surface area (Å²) in [6.07, 6.45) is 0. The lowest BCUT2D eigenvalue weighted by Gasteiger charge is -2.06. The predicted octanol–water partition coefficient (Wildman–Crippen LogP) is 5.02. The van der Waals surface area contributed by atoms with Gasteiger partial charge in [0.1, 0.15) is 22.9 Å². The van der Waals surface area contributed by atoms with E-state index in [1.165, 1.54) is 11.3 Å². The van der Waals surface area contributed by atoms with Crippen molar-refractivity contribution in [2.24, 2.45) is 0 Å². The highest BCUT2D eigenvalue weighted by Crippen LogP contribution is 2.30. The van der Waals surface area contributed by atoms with Crippen LogP contribution in [0.2, 0.25) is 0 Å². The summed E-state index contributed by atoms with van der Waals surface area (Å²) in [5.74, 6) is 0.645. The summed E-state index contributed by atoms with van der Waals surface area (Å²) in [6, 6.07) is 15.1. The Morgan fingerprint density at radius 3 is 2.88 bits per heavy atom. The number of fused-ring (bicyclic) bond motifs is 2. The van der Waals surface area contributed by atoms with Crippen LogP contribution >= 0.6 is 11.3 Å². The highest BCUT2D eigenvalue weighted by atomic mass is 32.1. The molecule has 0 aliphatic rings. The molecule has 0 aliphatic heterocycles. The first-order valence-corrected chi connectivity index (χ1v) is 8.63. The Labute approximate surface area is 148 Å². The van der Waals surface area contributed by atoms with Crippen LogP contribution in [-0.2, 0) is 0 Å². The number of benzene rings is 2. The van der Waals surface area contributed by atoms with Gasteiger partial charge >= 0.3 is 5.63 Å². The lowest BCUT2D eigenvalue weighted by atomic mass is 10.2. The van der Waals surface area contributed by atoms with Gasteiger partial charge in [0.2, 0.25) is 0 Å². The van der Waals surface area contributed by atoms with Crippen molar-refractivity contribution in [3.63, 3.8) is 0 Å². The Morgan fingerprint density at radius 1 is 1.24 bits per heavy atom. The van der Waals surface area contributed by atoms with Gasteiger partial charge in [-0.15, -0.1) is 11.3 Å². The predicted molar refractivity (Wildman–Crippen MR) is 101 cm³/mol. The van der Waals surface area contributed by atoms with E-state index in [1.807, 2.05) is 49.4 Å². The Balaban J connectivity index is 1.78. The van der Waals surface area contributed by atoms with E-state index in [0.29, 0.717) is 28.5 Å². The van der Waals surface area contributed by atoms with Gasteiger partial charge in [0.25, 0.3) is 0 Å². The van der Waals surface area contributed by atoms with Crippen LogP contribution in [0.4, 0.5) is 0 Å². The van der Waals surface area contributed by atoms with Crippen molar-refractivity contribution in [3.8, 4) is 16.3 Å². The minimum Gasteiger partial charge on any atom is -0.489 e. The smallest absolute Gasteiger partial charge is 0.346 e. The van der Waals surface area contributed by atoms with Crippen LogP contribution in [0.1, 0.15) is 6.92 Å². The first-order chi connectivity index (χ1) is 12.1. The zero-order valence-electron chi connectivity index (χ0n) is 13.6. The third-order valence-corrected chi connectivity index (χ3v) is 4.79. The summed E-state index contributed by atoms with van der Waals surface area (Å²) in [5, 5.41) is 1.50. The number of nitrogens with zero attached hydrogens (tertiary/aromatic N) is 1. The third kappa shape index (κ3) is 3.06. The monoisotopic (exact) mass is 349 g/mol. The lowest BCUT2D eigenvalue weighted by molar-refractivity contribution is 0.352. The van der Waals surface area contributed by atoms with E-state index in [-0.39, 0.29) is 0 Å². The van der Waals surface area contributed by atoms with Gasteiger partial charge in [-0.2, -0.15) is 0 Å². The molecule has 2 heterocycles. The second-order valence-electron chi connectivity index (χ2n) is 5.88. The summed E-state index contributed by atoms with van der Waals surface area (Å²) in [6.45, 7) is 6.13. The maximum Gasteiger partial charge on any atom is 0.346 e. The summed E-state index contributed by atoms with van der Waals surface area (Å²) in [7, 11) is 0. The summed E-state index contributed by atoms with van der Waals surface area (Å²) in [4.78, 5) is 17.0. The third-order valence-electron chi connectivity index (χ3n) is 3.72. The second kappa shape index (κ2) is 6.18. The van der Waals surface area contributed by atoms with E-state index in [9.17, 15) is 4.79 Å². The number of aromatic nitrogens is 1. The van der Waals surface area contributed by atoms with E-state index >= 15 is 0 Å². The van der Waals surface area contributed by atoms with Crippen LogP contribution in [0, 0.1) is 0 Å². The molecule has 0 aliphatic carbocycles. The SMILES string of the molecule is C=C(C)COc1ccc2cc(-c3nc4ccccc4s3)c(=O)oc2c1. The van der Waals surface area contributed by atoms with E-state index in [1.54, 1.807) is 6.07 Å². The van der Waals surface area contributed by atoms with Crippen molar-refractivity contribution in [1.82, 2.24) is 4.98 Å². The Morgan fingerprint density at radius 2 is 2.08 bits per heavy atom. The van der Waals surface area contributed by atoms with Crippen LogP contribution < -0.4 is 10.4 Å². The van der Waals surface area contributed by atoms with Crippen molar-refractivity contribution in [2.45, 2.75) is 6.92 Å². The van der Waals surface area contributed by atoms with Gasteiger partial charge in [-0.25, -0.2) is 9.78 Å². The van der Waals surface area contributed by atoms with Crippen molar-refractivity contribution in [3.05, 3.63) is 71.1 Å². The Hall–Kier alpha value is -2.92. The zero-order chi connectivity index (χ0) is 17.4. The van der Waals surface area contributed by atoms with Crippen molar-refractivity contribution in [2.75, 3.05) is 6.61 Å². The summed E-state index contributed by atoms with van der Waals surface area (Å²) >= 11 is 1.48. The van der Waals surface area contributed by atoms with E-state index in [0.717, 1.165) is 21.2 Å². The van der Waals surface area contributed by atoms with Gasteiger partial charge in [0.05, 0.1) is 15.8 Å². The fraction of sp³-hybridized carbons (Fsp3) is 0.100. The average molecular weight is 349 g/mol. The Bertz CT molecular complexity index is 1120. The van der Waals surface area contributed by atoms with E-state index in [4.69, 9.17) is 9.15 Å². The molecule has 0 radical (unpaired) electrons. The van der Waals surface area contributed by atoms with Gasteiger partial charge in [-0.05, 0) is 42.8 Å². The number of hydrogen-bond donors (Lipinski definition) is 0. The van der Waals surface area contributed by atoms with E-state index in [2.05, 4.69) is 11.6 Å². The van der Waals surface area contributed by atoms with Gasteiger partial charge in [0.15, 0.2) is 0 Å². The normalized spacial score (nSPS) is 11.1. The molecule has 0 atom stereocenters. The van der Waals surface area contributed by atoms with Crippen molar-refractivity contribution >= 4 is 32.5 Å². The van der Waals surface area contributed by atoms with Crippen LogP contribution in [-0.4, -0.2) is 11.6 Å². The number of hydrogen-bond acceptors (Lipinski definition) is 5. The number of thiazole rings is 1. The molecule has 0 saturated carbocycles. The molecule has 0 amide bonds. The largest absolute Gasteiger partial charge is 0.489 e. The van der Waals surface area contributed by atoms with Crippen molar-refractivity contribution in [1.29, 1.82) is 0 Å². The molecule has 4 nitrogen and oxygen atoms in total. The molecule has 25 heavy (non-hydrogen) atoms. The standard InChI is InChI=1S/C20H15NO3S/c1-12(2)11-23-14-8-7-13-9-15(20(22)24-17(13)10-14)19-21-16-5-3-4-6-18(16)25-19/h3-10H,1,11H2,2H3. The molecule has 0 saturated heterocycles. The van der Waals surface area contributed by atoms with E-state index < -0.39 is 5.63 Å². The molecule has 0 unspecified atom stereocenters. The number of rotatable bonds is 4. The molecular weight excluding hydrogens is 334 g/mol. The first kappa shape index (κ1) is 15.6. The molecule has 4 rings (SSSR count). The van der Waals surface area contributed by atoms with Crippen LogP contribution in [0.3, 0.4) is 0 Å². The maximum absolute atomic E-state index is 12.4. The minimum absolute atomic E-state index is 0.399. The van der Waals surface area contributed by atoms with Crippen LogP contribution in [0.15, 0.2) is 69.9 Å². The molecule has 4 aromatic rings. The topological polar surface area (TPSA) is 52.3 Å². The fourth-order valence-corrected chi connectivity index (χ4v) is 3.49. The molecule has 5 heteroatoms. The lowest BCUT2D eigenvalue weighted by Crippen LogP contribution is -2.03. The molecule has 0 bridgehead atoms. The average Bonchev–Trinajstić information content (AvgIpc) is 3.03. The molecule has 0 spiro atoms.